The molecule has 0 radical (unpaired) electrons. The van der Waals surface area contributed by atoms with Gasteiger partial charge in [-0.05, 0) is 36.6 Å². The zero-order valence-corrected chi connectivity index (χ0v) is 16.1. The number of hydrogen-bond donors (Lipinski definition) is 1. The molecule has 4 rings (SSSR count). The lowest BCUT2D eigenvalue weighted by Gasteiger charge is -2.52. The number of methoxy groups -OCH3 is 1. The Morgan fingerprint density at radius 1 is 1.25 bits per heavy atom. The molecule has 0 spiro atoms. The Morgan fingerprint density at radius 3 is 2.71 bits per heavy atom. The first-order chi connectivity index (χ1) is 13.4. The van der Waals surface area contributed by atoms with Gasteiger partial charge in [-0.25, -0.2) is 0 Å². The van der Waals surface area contributed by atoms with Crippen molar-refractivity contribution in [1.29, 1.82) is 0 Å². The van der Waals surface area contributed by atoms with Crippen molar-refractivity contribution in [3.8, 4) is 11.5 Å². The van der Waals surface area contributed by atoms with Crippen LogP contribution in [0.15, 0.2) is 48.5 Å². The number of hydrogen-bond acceptors (Lipinski definition) is 4. The van der Waals surface area contributed by atoms with E-state index in [2.05, 4.69) is 0 Å². The summed E-state index contributed by atoms with van der Waals surface area (Å²) in [4.78, 5) is 27.2. The van der Waals surface area contributed by atoms with Crippen LogP contribution in [0.25, 0.3) is 0 Å². The van der Waals surface area contributed by atoms with E-state index >= 15 is 0 Å². The second-order valence-electron chi connectivity index (χ2n) is 7.56. The largest absolute Gasteiger partial charge is 0.496 e. The minimum atomic E-state index is -0.879. The summed E-state index contributed by atoms with van der Waals surface area (Å²) in [6.07, 6.45) is 1.13. The lowest BCUT2D eigenvalue weighted by Crippen LogP contribution is -2.64. The van der Waals surface area contributed by atoms with Gasteiger partial charge in [0.2, 0.25) is 11.8 Å². The van der Waals surface area contributed by atoms with Crippen molar-refractivity contribution in [3.63, 3.8) is 0 Å². The summed E-state index contributed by atoms with van der Waals surface area (Å²) in [6.45, 7) is 2.32. The predicted molar refractivity (Wildman–Crippen MR) is 104 cm³/mol. The Kier molecular flexibility index (Phi) is 4.49. The van der Waals surface area contributed by atoms with Crippen molar-refractivity contribution < 1.29 is 19.1 Å². The highest BCUT2D eigenvalue weighted by molar-refractivity contribution is 6.01. The summed E-state index contributed by atoms with van der Waals surface area (Å²) in [7, 11) is 1.63. The van der Waals surface area contributed by atoms with Crippen LogP contribution in [0, 0.1) is 5.92 Å². The third-order valence-corrected chi connectivity index (χ3v) is 5.86. The average Bonchev–Trinajstić information content (AvgIpc) is 2.67. The maximum Gasteiger partial charge on any atom is 0.238 e. The van der Waals surface area contributed by atoms with Crippen molar-refractivity contribution in [2.24, 2.45) is 11.7 Å². The Bertz CT molecular complexity index is 928. The monoisotopic (exact) mass is 380 g/mol. The molecule has 1 saturated heterocycles. The van der Waals surface area contributed by atoms with Gasteiger partial charge in [0.1, 0.15) is 17.4 Å². The molecular weight excluding hydrogens is 356 g/mol. The van der Waals surface area contributed by atoms with E-state index in [-0.39, 0.29) is 11.8 Å². The van der Waals surface area contributed by atoms with Gasteiger partial charge in [-0.1, -0.05) is 36.4 Å². The van der Waals surface area contributed by atoms with Crippen molar-refractivity contribution in [2.45, 2.75) is 31.4 Å². The maximum atomic E-state index is 13.3. The zero-order valence-electron chi connectivity index (χ0n) is 16.1. The SMILES string of the molecule is COc1ccccc1CCN1C(=O)[C@H](C(N)=O)[C@H]2C[C@@]1(C)Oc1ccccc12. The standard InChI is InChI=1S/C22H24N2O4/c1-22-13-16(15-8-4-6-10-18(15)28-22)19(20(23)25)21(26)24(22)12-11-14-7-3-5-9-17(14)27-2/h3-10,16,19H,11-13H2,1-2H3,(H2,23,25)/t16-,19-,22+/m0/s1. The molecule has 2 heterocycles. The Labute approximate surface area is 164 Å². The summed E-state index contributed by atoms with van der Waals surface area (Å²) in [5.74, 6) is -0.511. The first-order valence-corrected chi connectivity index (χ1v) is 9.45. The third-order valence-electron chi connectivity index (χ3n) is 5.86. The highest BCUT2D eigenvalue weighted by atomic mass is 16.5. The molecule has 2 bridgehead atoms. The minimum Gasteiger partial charge on any atom is -0.496 e. The van der Waals surface area contributed by atoms with E-state index in [0.717, 1.165) is 16.9 Å². The van der Waals surface area contributed by atoms with Crippen LogP contribution in [-0.4, -0.2) is 36.1 Å². The third kappa shape index (κ3) is 2.89. The Morgan fingerprint density at radius 2 is 1.96 bits per heavy atom. The molecule has 2 aromatic rings. The van der Waals surface area contributed by atoms with E-state index in [1.165, 1.54) is 0 Å². The van der Waals surface area contributed by atoms with Gasteiger partial charge in [0.15, 0.2) is 5.72 Å². The first-order valence-electron chi connectivity index (χ1n) is 9.45. The van der Waals surface area contributed by atoms with Gasteiger partial charge < -0.3 is 20.1 Å². The normalized spacial score (nSPS) is 25.6. The predicted octanol–water partition coefficient (Wildman–Crippen LogP) is 2.46. The van der Waals surface area contributed by atoms with Gasteiger partial charge in [-0.15, -0.1) is 0 Å². The second-order valence-corrected chi connectivity index (χ2v) is 7.56. The van der Waals surface area contributed by atoms with Crippen molar-refractivity contribution in [2.75, 3.05) is 13.7 Å². The number of rotatable bonds is 5. The van der Waals surface area contributed by atoms with Crippen molar-refractivity contribution in [3.05, 3.63) is 59.7 Å². The van der Waals surface area contributed by atoms with Crippen LogP contribution in [0.1, 0.15) is 30.4 Å². The summed E-state index contributed by atoms with van der Waals surface area (Å²) >= 11 is 0. The number of primary amides is 1. The molecule has 2 N–H and O–H groups in total. The lowest BCUT2D eigenvalue weighted by molar-refractivity contribution is -0.175. The molecule has 0 unspecified atom stereocenters. The van der Waals surface area contributed by atoms with Gasteiger partial charge in [-0.3, -0.25) is 9.59 Å². The fraction of sp³-hybridized carbons (Fsp3) is 0.364. The lowest BCUT2D eigenvalue weighted by atomic mass is 9.73. The fourth-order valence-electron chi connectivity index (χ4n) is 4.52. The highest BCUT2D eigenvalue weighted by Crippen LogP contribution is 2.50. The van der Waals surface area contributed by atoms with Gasteiger partial charge in [-0.2, -0.15) is 0 Å². The number of benzene rings is 2. The first kappa shape index (κ1) is 18.3. The number of fused-ring (bicyclic) bond motifs is 4. The molecule has 2 aliphatic rings. The van der Waals surface area contributed by atoms with E-state index in [0.29, 0.717) is 25.1 Å². The van der Waals surface area contributed by atoms with Crippen LogP contribution in [0.5, 0.6) is 11.5 Å². The van der Waals surface area contributed by atoms with Crippen LogP contribution < -0.4 is 15.2 Å². The van der Waals surface area contributed by atoms with Crippen LogP contribution in [-0.2, 0) is 16.0 Å². The van der Waals surface area contributed by atoms with Crippen molar-refractivity contribution >= 4 is 11.8 Å². The smallest absolute Gasteiger partial charge is 0.238 e. The number of carbonyl (C=O) groups is 2. The fourth-order valence-corrected chi connectivity index (χ4v) is 4.52. The molecule has 1 fully saturated rings. The molecule has 2 aromatic carbocycles. The van der Waals surface area contributed by atoms with E-state index < -0.39 is 17.6 Å². The van der Waals surface area contributed by atoms with Gasteiger partial charge in [0.05, 0.1) is 7.11 Å². The number of piperidine rings is 1. The molecule has 0 aromatic heterocycles. The van der Waals surface area contributed by atoms with Gasteiger partial charge in [0, 0.05) is 18.9 Å². The highest BCUT2D eigenvalue weighted by Gasteiger charge is 2.55. The molecule has 2 aliphatic heterocycles. The van der Waals surface area contributed by atoms with E-state index in [9.17, 15) is 9.59 Å². The summed E-state index contributed by atoms with van der Waals surface area (Å²) in [6, 6.07) is 15.3. The molecule has 6 nitrogen and oxygen atoms in total. The molecule has 0 aliphatic carbocycles. The maximum absolute atomic E-state index is 13.3. The Hall–Kier alpha value is -3.02. The topological polar surface area (TPSA) is 81.9 Å². The molecule has 28 heavy (non-hydrogen) atoms. The minimum absolute atomic E-state index is 0.262. The van der Waals surface area contributed by atoms with E-state index in [1.807, 2.05) is 55.5 Å². The quantitative estimate of drug-likeness (QED) is 0.808. The van der Waals surface area contributed by atoms with E-state index in [4.69, 9.17) is 15.2 Å². The van der Waals surface area contributed by atoms with Gasteiger partial charge >= 0.3 is 0 Å². The van der Waals surface area contributed by atoms with Crippen LogP contribution in [0.4, 0.5) is 0 Å². The average molecular weight is 380 g/mol. The van der Waals surface area contributed by atoms with Crippen molar-refractivity contribution in [1.82, 2.24) is 4.90 Å². The molecule has 0 saturated carbocycles. The second kappa shape index (κ2) is 6.86. The number of amides is 2. The zero-order chi connectivity index (χ0) is 19.9. The molecule has 146 valence electrons. The molecular formula is C22H24N2O4. The number of likely N-dealkylation sites (tertiary alicyclic amines) is 1. The molecule has 3 atom stereocenters. The number of nitrogens with zero attached hydrogens (tertiary/aromatic N) is 1. The molecule has 6 heteroatoms. The number of ether oxygens (including phenoxy) is 2. The summed E-state index contributed by atoms with van der Waals surface area (Å²) < 4.78 is 11.7. The van der Waals surface area contributed by atoms with Crippen LogP contribution in [0.2, 0.25) is 0 Å². The molecule has 2 amide bonds. The summed E-state index contributed by atoms with van der Waals surface area (Å²) in [5.41, 5.74) is 6.72. The van der Waals surface area contributed by atoms with Crippen LogP contribution >= 0.6 is 0 Å². The van der Waals surface area contributed by atoms with Gasteiger partial charge in [0.25, 0.3) is 0 Å². The number of carbonyl (C=O) groups excluding carboxylic acids is 2. The summed E-state index contributed by atoms with van der Waals surface area (Å²) in [5, 5.41) is 0. The van der Waals surface area contributed by atoms with E-state index in [1.54, 1.807) is 12.0 Å². The van der Waals surface area contributed by atoms with Crippen LogP contribution in [0.3, 0.4) is 0 Å². The Balaban J connectivity index is 1.68. The number of para-hydroxylation sites is 2. The number of nitrogens with two attached hydrogens (primary N) is 1.